The van der Waals surface area contributed by atoms with Crippen molar-refractivity contribution in [1.29, 1.82) is 0 Å². The van der Waals surface area contributed by atoms with Gasteiger partial charge in [-0.3, -0.25) is 4.79 Å². The Morgan fingerprint density at radius 1 is 0.927 bits per heavy atom. The zero-order valence-corrected chi connectivity index (χ0v) is 24.1. The number of halogens is 2. The van der Waals surface area contributed by atoms with Crippen molar-refractivity contribution in [3.63, 3.8) is 0 Å². The van der Waals surface area contributed by atoms with Gasteiger partial charge in [-0.15, -0.1) is 0 Å². The van der Waals surface area contributed by atoms with Crippen molar-refractivity contribution in [3.8, 4) is 5.75 Å². The maximum atomic E-state index is 12.9. The minimum Gasteiger partial charge on any atom is -0.487 e. The van der Waals surface area contributed by atoms with E-state index in [0.29, 0.717) is 33.4 Å². The van der Waals surface area contributed by atoms with E-state index in [1.165, 1.54) is 11.9 Å². The van der Waals surface area contributed by atoms with Gasteiger partial charge in [0.1, 0.15) is 17.9 Å². The minimum absolute atomic E-state index is 0.0523. The monoisotopic (exact) mass is 594 g/mol. The van der Waals surface area contributed by atoms with E-state index in [2.05, 4.69) is 26.3 Å². The van der Waals surface area contributed by atoms with Crippen molar-refractivity contribution in [3.05, 3.63) is 88.0 Å². The summed E-state index contributed by atoms with van der Waals surface area (Å²) >= 11 is 13.1. The van der Waals surface area contributed by atoms with Gasteiger partial charge in [0, 0.05) is 47.1 Å². The van der Waals surface area contributed by atoms with Crippen LogP contribution in [0.2, 0.25) is 10.0 Å². The molecule has 0 radical (unpaired) electrons. The van der Waals surface area contributed by atoms with Crippen molar-refractivity contribution in [2.45, 2.75) is 13.5 Å². The molecular formula is C29H28Cl2N6O4. The number of hydrogen-bond acceptors (Lipinski definition) is 5. The second-order valence-corrected chi connectivity index (χ2v) is 9.76. The van der Waals surface area contributed by atoms with E-state index in [1.54, 1.807) is 43.4 Å². The molecular weight excluding hydrogens is 567 g/mol. The zero-order valence-electron chi connectivity index (χ0n) is 22.5. The maximum Gasteiger partial charge on any atom is 0.319 e. The summed E-state index contributed by atoms with van der Waals surface area (Å²) in [5.74, 6) is 0.165. The number of hydrogen-bond donors (Lipinski definition) is 4. The number of nitrogens with zero attached hydrogens (tertiary/aromatic N) is 2. The molecule has 0 spiro atoms. The van der Waals surface area contributed by atoms with Crippen molar-refractivity contribution in [2.75, 3.05) is 36.2 Å². The molecule has 12 heteroatoms. The first-order chi connectivity index (χ1) is 19.7. The van der Waals surface area contributed by atoms with Gasteiger partial charge in [0.15, 0.2) is 0 Å². The van der Waals surface area contributed by atoms with Gasteiger partial charge >= 0.3 is 12.1 Å². The molecule has 1 heterocycles. The number of ether oxygens (including phenoxy) is 1. The quantitative estimate of drug-likeness (QED) is 0.200. The first-order valence-electron chi connectivity index (χ1n) is 12.5. The number of pyridine rings is 1. The Hall–Kier alpha value is -4.54. The standard InChI is InChI=1S/C29H28Cl2N6O4/c1-17-10-11-18-6-4-9-24(27(18)34-17)41-16-21-22(30)12-13-23(26(21)31)37(3)25(38)15-33-29(40)36-20-8-5-7-19(14-20)35-28(39)32-2/h4-14H,15-16H2,1-3H3,(H2,32,35,39)(H2,33,36,40). The number of nitrogens with one attached hydrogen (secondary N) is 4. The molecule has 41 heavy (non-hydrogen) atoms. The predicted molar refractivity (Wildman–Crippen MR) is 162 cm³/mol. The highest BCUT2D eigenvalue weighted by Gasteiger charge is 2.19. The van der Waals surface area contributed by atoms with E-state index >= 15 is 0 Å². The molecule has 3 aromatic carbocycles. The second-order valence-electron chi connectivity index (χ2n) is 8.97. The fourth-order valence-corrected chi connectivity index (χ4v) is 4.52. The fraction of sp³-hybridized carbons (Fsp3) is 0.172. The van der Waals surface area contributed by atoms with Crippen LogP contribution in [0.15, 0.2) is 66.7 Å². The molecule has 212 valence electrons. The first-order valence-corrected chi connectivity index (χ1v) is 13.3. The molecule has 0 atom stereocenters. The summed E-state index contributed by atoms with van der Waals surface area (Å²) in [5, 5.41) is 11.8. The van der Waals surface area contributed by atoms with Crippen LogP contribution in [-0.2, 0) is 11.4 Å². The maximum absolute atomic E-state index is 12.9. The Balaban J connectivity index is 1.39. The van der Waals surface area contributed by atoms with Crippen molar-refractivity contribution in [1.82, 2.24) is 15.6 Å². The number of carbonyl (C=O) groups excluding carboxylic acids is 3. The lowest BCUT2D eigenvalue weighted by atomic mass is 10.1. The number of benzene rings is 3. The van der Waals surface area contributed by atoms with E-state index in [1.807, 2.05) is 37.3 Å². The number of carbonyl (C=O) groups is 3. The number of para-hydroxylation sites is 1. The highest BCUT2D eigenvalue weighted by atomic mass is 35.5. The number of fused-ring (bicyclic) bond motifs is 1. The number of rotatable bonds is 8. The topological polar surface area (TPSA) is 125 Å². The minimum atomic E-state index is -0.598. The molecule has 4 rings (SSSR count). The third kappa shape index (κ3) is 7.36. The van der Waals surface area contributed by atoms with Gasteiger partial charge in [0.25, 0.3) is 0 Å². The molecule has 1 aromatic heterocycles. The number of urea groups is 2. The summed E-state index contributed by atoms with van der Waals surface area (Å²) in [6, 6.07) is 18.4. The molecule has 0 aliphatic carbocycles. The van der Waals surface area contributed by atoms with Gasteiger partial charge in [-0.2, -0.15) is 0 Å². The lowest BCUT2D eigenvalue weighted by Gasteiger charge is -2.21. The molecule has 4 N–H and O–H groups in total. The van der Waals surface area contributed by atoms with Crippen molar-refractivity contribution >= 4 is 69.1 Å². The zero-order chi connectivity index (χ0) is 29.5. The van der Waals surface area contributed by atoms with Crippen LogP contribution < -0.4 is 30.9 Å². The van der Waals surface area contributed by atoms with E-state index < -0.39 is 18.0 Å². The third-order valence-corrected chi connectivity index (χ3v) is 6.88. The van der Waals surface area contributed by atoms with Crippen LogP contribution in [-0.4, -0.2) is 43.6 Å². The molecule has 0 bridgehead atoms. The predicted octanol–water partition coefficient (Wildman–Crippen LogP) is 5.96. The average molecular weight is 595 g/mol. The molecule has 0 saturated heterocycles. The van der Waals surface area contributed by atoms with E-state index in [4.69, 9.17) is 27.9 Å². The van der Waals surface area contributed by atoms with Gasteiger partial charge in [-0.25, -0.2) is 14.6 Å². The van der Waals surface area contributed by atoms with Crippen LogP contribution in [0, 0.1) is 6.92 Å². The molecule has 0 aliphatic rings. The van der Waals surface area contributed by atoms with Crippen molar-refractivity contribution in [2.24, 2.45) is 0 Å². The lowest BCUT2D eigenvalue weighted by Crippen LogP contribution is -2.40. The molecule has 5 amide bonds. The van der Waals surface area contributed by atoms with E-state index in [-0.39, 0.29) is 18.2 Å². The molecule has 0 unspecified atom stereocenters. The molecule has 4 aromatic rings. The summed E-state index contributed by atoms with van der Waals surface area (Å²) < 4.78 is 6.06. The Kier molecular flexibility index (Phi) is 9.49. The average Bonchev–Trinajstić information content (AvgIpc) is 2.95. The van der Waals surface area contributed by atoms with Crippen LogP contribution in [0.3, 0.4) is 0 Å². The van der Waals surface area contributed by atoms with Crippen LogP contribution in [0.1, 0.15) is 11.3 Å². The Morgan fingerprint density at radius 2 is 1.63 bits per heavy atom. The second kappa shape index (κ2) is 13.2. The third-order valence-electron chi connectivity index (χ3n) is 6.10. The number of aryl methyl sites for hydroxylation is 1. The summed E-state index contributed by atoms with van der Waals surface area (Å²) in [6.07, 6.45) is 0. The Morgan fingerprint density at radius 3 is 2.37 bits per heavy atom. The summed E-state index contributed by atoms with van der Waals surface area (Å²) in [4.78, 5) is 42.7. The smallest absolute Gasteiger partial charge is 0.319 e. The number of amides is 5. The van der Waals surface area contributed by atoms with Crippen molar-refractivity contribution < 1.29 is 19.1 Å². The summed E-state index contributed by atoms with van der Waals surface area (Å²) in [7, 11) is 3.04. The van der Waals surface area contributed by atoms with Crippen LogP contribution in [0.5, 0.6) is 5.75 Å². The van der Waals surface area contributed by atoms with Crippen LogP contribution in [0.25, 0.3) is 10.9 Å². The van der Waals surface area contributed by atoms with E-state index in [0.717, 1.165) is 16.6 Å². The Bertz CT molecular complexity index is 1610. The van der Waals surface area contributed by atoms with Gasteiger partial charge < -0.3 is 30.9 Å². The van der Waals surface area contributed by atoms with Gasteiger partial charge in [0.05, 0.1) is 17.3 Å². The summed E-state index contributed by atoms with van der Waals surface area (Å²) in [6.45, 7) is 1.66. The molecule has 0 aliphatic heterocycles. The normalized spacial score (nSPS) is 10.6. The SMILES string of the molecule is CNC(=O)Nc1cccc(NC(=O)NCC(=O)N(C)c2ccc(Cl)c(COc3cccc4ccc(C)nc34)c2Cl)c1. The highest BCUT2D eigenvalue weighted by Crippen LogP contribution is 2.35. The molecule has 0 fully saturated rings. The Labute approximate surface area is 247 Å². The van der Waals surface area contributed by atoms with Crippen LogP contribution in [0.4, 0.5) is 26.7 Å². The number of aromatic nitrogens is 1. The van der Waals surface area contributed by atoms with Crippen LogP contribution >= 0.6 is 23.2 Å². The molecule has 10 nitrogen and oxygen atoms in total. The van der Waals surface area contributed by atoms with Gasteiger partial charge in [0.2, 0.25) is 5.91 Å². The number of likely N-dealkylation sites (N-methyl/N-ethyl adjacent to an activating group) is 1. The lowest BCUT2D eigenvalue weighted by molar-refractivity contribution is -0.117. The largest absolute Gasteiger partial charge is 0.487 e. The van der Waals surface area contributed by atoms with E-state index in [9.17, 15) is 14.4 Å². The number of anilines is 3. The highest BCUT2D eigenvalue weighted by molar-refractivity contribution is 6.38. The first kappa shape index (κ1) is 29.4. The summed E-state index contributed by atoms with van der Waals surface area (Å²) in [5.41, 5.74) is 3.41. The van der Waals surface area contributed by atoms with Gasteiger partial charge in [-0.1, -0.05) is 47.5 Å². The van der Waals surface area contributed by atoms with Gasteiger partial charge in [-0.05, 0) is 49.4 Å². The fourth-order valence-electron chi connectivity index (χ4n) is 3.91. The molecule has 0 saturated carbocycles.